The van der Waals surface area contributed by atoms with Crippen LogP contribution < -0.4 is 15.5 Å². The van der Waals surface area contributed by atoms with Crippen LogP contribution in [0.25, 0.3) is 0 Å². The van der Waals surface area contributed by atoms with E-state index < -0.39 is 0 Å². The topological polar surface area (TPSA) is 95.9 Å². The van der Waals surface area contributed by atoms with Crippen LogP contribution in [0.5, 0.6) is 0 Å². The molecule has 0 bridgehead atoms. The summed E-state index contributed by atoms with van der Waals surface area (Å²) in [6.45, 7) is 9.43. The van der Waals surface area contributed by atoms with Crippen molar-refractivity contribution in [3.63, 3.8) is 0 Å². The van der Waals surface area contributed by atoms with Crippen molar-refractivity contribution >= 4 is 29.4 Å². The fraction of sp³-hybridized carbons (Fsp3) is 0.389. The Morgan fingerprint density at radius 2 is 1.93 bits per heavy atom. The largest absolute Gasteiger partial charge is 0.338 e. The van der Waals surface area contributed by atoms with Gasteiger partial charge < -0.3 is 15.5 Å². The van der Waals surface area contributed by atoms with Gasteiger partial charge in [0, 0.05) is 32.4 Å². The average molecular weight is 385 g/mol. The van der Waals surface area contributed by atoms with Crippen LogP contribution in [-0.4, -0.2) is 52.0 Å². The van der Waals surface area contributed by atoms with Crippen LogP contribution in [-0.2, 0) is 4.79 Å². The van der Waals surface area contributed by atoms with E-state index in [1.165, 1.54) is 17.8 Å². The highest BCUT2D eigenvalue weighted by Crippen LogP contribution is 2.30. The Kier molecular flexibility index (Phi) is 6.36. The lowest BCUT2D eigenvalue weighted by atomic mass is 10.3. The predicted octanol–water partition coefficient (Wildman–Crippen LogP) is 1.96. The van der Waals surface area contributed by atoms with Gasteiger partial charge in [-0.1, -0.05) is 6.08 Å². The highest BCUT2D eigenvalue weighted by atomic mass is 32.2. The minimum Gasteiger partial charge on any atom is -0.338 e. The number of nitrogens with one attached hydrogen (secondary N) is 2. The third kappa shape index (κ3) is 5.01. The van der Waals surface area contributed by atoms with Crippen molar-refractivity contribution in [2.45, 2.75) is 30.8 Å². The molecule has 1 saturated heterocycles. The van der Waals surface area contributed by atoms with Gasteiger partial charge in [-0.3, -0.25) is 4.79 Å². The third-order valence-corrected chi connectivity index (χ3v) is 5.16. The number of hydrogen-bond acceptors (Lipinski definition) is 8. The second kappa shape index (κ2) is 8.92. The van der Waals surface area contributed by atoms with E-state index in [1.807, 2.05) is 13.8 Å². The molecular weight excluding hydrogens is 362 g/mol. The fourth-order valence-electron chi connectivity index (χ4n) is 2.71. The number of anilines is 2. The van der Waals surface area contributed by atoms with Crippen molar-refractivity contribution in [1.29, 1.82) is 0 Å². The van der Waals surface area contributed by atoms with Crippen LogP contribution >= 0.6 is 11.8 Å². The second-order valence-corrected chi connectivity index (χ2v) is 7.05. The first-order chi connectivity index (χ1) is 13.1. The molecule has 0 saturated carbocycles. The van der Waals surface area contributed by atoms with Crippen LogP contribution in [0.1, 0.15) is 18.3 Å². The summed E-state index contributed by atoms with van der Waals surface area (Å²) in [7, 11) is 0. The monoisotopic (exact) mass is 385 g/mol. The molecule has 1 fully saturated rings. The molecule has 0 spiro atoms. The molecule has 27 heavy (non-hydrogen) atoms. The number of carbonyl (C=O) groups is 1. The van der Waals surface area contributed by atoms with E-state index in [-0.39, 0.29) is 5.91 Å². The van der Waals surface area contributed by atoms with Crippen molar-refractivity contribution in [2.24, 2.45) is 0 Å². The van der Waals surface area contributed by atoms with E-state index in [4.69, 9.17) is 0 Å². The molecule has 3 rings (SSSR count). The minimum absolute atomic E-state index is 0.219. The molecular formula is C18H23N7OS. The van der Waals surface area contributed by atoms with E-state index >= 15 is 0 Å². The standard InChI is InChI=1S/C18H23N7OS/c1-4-5-15(26)23-14-6-7-20-18(24-14)27-16-12(2)21-17(22-13(16)3)25-10-8-19-9-11-25/h4-7,19H,8-11H2,1-3H3,(H,20,23,24,26)/b5-4+. The number of nitrogens with zero attached hydrogens (tertiary/aromatic N) is 5. The van der Waals surface area contributed by atoms with Gasteiger partial charge in [0.05, 0.1) is 16.3 Å². The number of aryl methyl sites for hydroxylation is 2. The molecule has 2 aromatic rings. The Labute approximate surface area is 162 Å². The van der Waals surface area contributed by atoms with E-state index in [1.54, 1.807) is 25.3 Å². The zero-order valence-corrected chi connectivity index (χ0v) is 16.5. The number of aromatic nitrogens is 4. The quantitative estimate of drug-likeness (QED) is 0.596. The summed E-state index contributed by atoms with van der Waals surface area (Å²) in [5.74, 6) is 1.01. The van der Waals surface area contributed by atoms with Gasteiger partial charge in [-0.15, -0.1) is 0 Å². The zero-order valence-electron chi connectivity index (χ0n) is 15.7. The zero-order chi connectivity index (χ0) is 19.2. The van der Waals surface area contributed by atoms with Gasteiger partial charge in [-0.2, -0.15) is 0 Å². The Balaban J connectivity index is 1.78. The van der Waals surface area contributed by atoms with E-state index in [0.717, 1.165) is 48.4 Å². The molecule has 3 heterocycles. The normalized spacial score (nSPS) is 14.6. The van der Waals surface area contributed by atoms with Crippen LogP contribution in [0, 0.1) is 13.8 Å². The summed E-state index contributed by atoms with van der Waals surface area (Å²) < 4.78 is 0. The first-order valence-corrected chi connectivity index (χ1v) is 9.64. The van der Waals surface area contributed by atoms with Gasteiger partial charge in [0.15, 0.2) is 5.16 Å². The molecule has 0 atom stereocenters. The molecule has 9 heteroatoms. The summed E-state index contributed by atoms with van der Waals surface area (Å²) in [6.07, 6.45) is 4.75. The lowest BCUT2D eigenvalue weighted by Gasteiger charge is -2.28. The number of hydrogen-bond donors (Lipinski definition) is 2. The summed E-state index contributed by atoms with van der Waals surface area (Å²) in [4.78, 5) is 32.9. The molecule has 0 aromatic carbocycles. The van der Waals surface area contributed by atoms with E-state index in [0.29, 0.717) is 11.0 Å². The predicted molar refractivity (Wildman–Crippen MR) is 106 cm³/mol. The molecule has 1 aliphatic rings. The molecule has 8 nitrogen and oxygen atoms in total. The highest BCUT2D eigenvalue weighted by Gasteiger charge is 2.17. The van der Waals surface area contributed by atoms with Gasteiger partial charge in [0.1, 0.15) is 5.82 Å². The van der Waals surface area contributed by atoms with Crippen LogP contribution in [0.3, 0.4) is 0 Å². The first-order valence-electron chi connectivity index (χ1n) is 8.82. The molecule has 0 unspecified atom stereocenters. The van der Waals surface area contributed by atoms with Crippen molar-refractivity contribution in [2.75, 3.05) is 36.4 Å². The molecule has 1 amide bonds. The number of amides is 1. The fourth-order valence-corrected chi connectivity index (χ4v) is 3.54. The molecule has 142 valence electrons. The lowest BCUT2D eigenvalue weighted by Crippen LogP contribution is -2.44. The van der Waals surface area contributed by atoms with Crippen molar-refractivity contribution in [3.05, 3.63) is 35.8 Å². The van der Waals surface area contributed by atoms with Crippen molar-refractivity contribution < 1.29 is 4.79 Å². The summed E-state index contributed by atoms with van der Waals surface area (Å²) in [5, 5.41) is 6.59. The van der Waals surface area contributed by atoms with Crippen molar-refractivity contribution in [1.82, 2.24) is 25.3 Å². The van der Waals surface area contributed by atoms with E-state index in [2.05, 4.69) is 35.5 Å². The summed E-state index contributed by atoms with van der Waals surface area (Å²) in [6, 6.07) is 1.66. The molecule has 2 aromatic heterocycles. The maximum Gasteiger partial charge on any atom is 0.249 e. The van der Waals surface area contributed by atoms with Gasteiger partial charge in [-0.05, 0) is 44.7 Å². The van der Waals surface area contributed by atoms with Crippen LogP contribution in [0.4, 0.5) is 11.8 Å². The van der Waals surface area contributed by atoms with Crippen molar-refractivity contribution in [3.8, 4) is 0 Å². The molecule has 1 aliphatic heterocycles. The summed E-state index contributed by atoms with van der Waals surface area (Å²) in [5.41, 5.74) is 1.79. The Hall–Kier alpha value is -2.52. The third-order valence-electron chi connectivity index (χ3n) is 3.99. The average Bonchev–Trinajstić information content (AvgIpc) is 2.66. The minimum atomic E-state index is -0.219. The van der Waals surface area contributed by atoms with Gasteiger partial charge in [-0.25, -0.2) is 19.9 Å². The van der Waals surface area contributed by atoms with E-state index in [9.17, 15) is 4.79 Å². The van der Waals surface area contributed by atoms with Gasteiger partial charge >= 0.3 is 0 Å². The molecule has 0 aliphatic carbocycles. The van der Waals surface area contributed by atoms with Gasteiger partial charge in [0.2, 0.25) is 11.9 Å². The van der Waals surface area contributed by atoms with Crippen LogP contribution in [0.2, 0.25) is 0 Å². The number of allylic oxidation sites excluding steroid dienone is 1. The highest BCUT2D eigenvalue weighted by molar-refractivity contribution is 7.99. The van der Waals surface area contributed by atoms with Crippen LogP contribution in [0.15, 0.2) is 34.5 Å². The number of carbonyl (C=O) groups excluding carboxylic acids is 1. The number of rotatable bonds is 5. The lowest BCUT2D eigenvalue weighted by molar-refractivity contribution is -0.111. The SMILES string of the molecule is C/C=C/C(=O)Nc1ccnc(Sc2c(C)nc(N3CCNCC3)nc2C)n1. The second-order valence-electron chi connectivity index (χ2n) is 6.08. The first kappa shape index (κ1) is 19.2. The number of piperazine rings is 1. The van der Waals surface area contributed by atoms with Gasteiger partial charge in [0.25, 0.3) is 0 Å². The summed E-state index contributed by atoms with van der Waals surface area (Å²) >= 11 is 1.40. The Morgan fingerprint density at radius 3 is 2.59 bits per heavy atom. The maximum atomic E-state index is 11.7. The molecule has 2 N–H and O–H groups in total. The molecule has 0 radical (unpaired) electrons. The Morgan fingerprint density at radius 1 is 1.22 bits per heavy atom. The Bertz CT molecular complexity index is 826. The maximum absolute atomic E-state index is 11.7. The smallest absolute Gasteiger partial charge is 0.249 e.